The van der Waals surface area contributed by atoms with Gasteiger partial charge in [0.15, 0.2) is 5.69 Å². The van der Waals surface area contributed by atoms with Crippen molar-refractivity contribution in [2.24, 2.45) is 5.16 Å². The zero-order valence-electron chi connectivity index (χ0n) is 18.2. The number of ether oxygens (including phenoxy) is 1. The lowest BCUT2D eigenvalue weighted by Crippen LogP contribution is -2.40. The Balaban J connectivity index is 2.52. The first kappa shape index (κ1) is 25.6. The number of oxime groups is 1. The summed E-state index contributed by atoms with van der Waals surface area (Å²) < 4.78 is 24.3. The van der Waals surface area contributed by atoms with Gasteiger partial charge in [-0.15, -0.1) is 0 Å². The van der Waals surface area contributed by atoms with Crippen molar-refractivity contribution in [1.82, 2.24) is 10.3 Å². The molecular weight excluding hydrogens is 509 g/mol. The van der Waals surface area contributed by atoms with Crippen LogP contribution in [0.2, 0.25) is 0 Å². The number of halogens is 2. The molecule has 32 heavy (non-hydrogen) atoms. The third-order valence-electron chi connectivity index (χ3n) is 3.86. The van der Waals surface area contributed by atoms with Crippen molar-refractivity contribution in [2.45, 2.75) is 26.4 Å². The molecule has 1 aromatic carbocycles. The number of amidine groups is 1. The van der Waals surface area contributed by atoms with E-state index in [1.807, 2.05) is 6.26 Å². The molecule has 0 aliphatic carbocycles. The summed E-state index contributed by atoms with van der Waals surface area (Å²) in [7, 11) is 1.59. The van der Waals surface area contributed by atoms with Crippen LogP contribution in [0.5, 0.6) is 0 Å². The number of nitrogens with zero attached hydrogens (tertiary/aromatic N) is 5. The molecule has 0 saturated carbocycles. The minimum atomic E-state index is -0.749. The largest absolute Gasteiger partial charge is 0.443 e. The lowest BCUT2D eigenvalue weighted by atomic mass is 10.2. The highest BCUT2D eigenvalue weighted by Crippen LogP contribution is 2.27. The quantitative estimate of drug-likeness (QED) is 0.164. The van der Waals surface area contributed by atoms with Crippen molar-refractivity contribution in [1.29, 1.82) is 0 Å². The molecule has 174 valence electrons. The SMILES string of the molecule is CSCCN(C(=O)OC(C)(C)C)c1nonc1/C(=N/OC=O)N(C)c1ccc(F)c(Br)c1. The average molecular weight is 532 g/mol. The molecule has 0 spiro atoms. The third kappa shape index (κ3) is 6.66. The van der Waals surface area contributed by atoms with Crippen molar-refractivity contribution in [3.63, 3.8) is 0 Å². The molecule has 13 heteroatoms. The van der Waals surface area contributed by atoms with Crippen LogP contribution in [0.25, 0.3) is 0 Å². The lowest BCUT2D eigenvalue weighted by Gasteiger charge is -2.26. The average Bonchev–Trinajstić information content (AvgIpc) is 3.18. The molecule has 0 radical (unpaired) electrons. The van der Waals surface area contributed by atoms with Gasteiger partial charge >= 0.3 is 12.6 Å². The summed E-state index contributed by atoms with van der Waals surface area (Å²) in [5.74, 6) is 0.129. The van der Waals surface area contributed by atoms with E-state index in [0.29, 0.717) is 11.4 Å². The van der Waals surface area contributed by atoms with E-state index in [2.05, 4.69) is 36.2 Å². The van der Waals surface area contributed by atoms with Crippen LogP contribution >= 0.6 is 27.7 Å². The summed E-state index contributed by atoms with van der Waals surface area (Å²) in [4.78, 5) is 31.0. The minimum absolute atomic E-state index is 0.00966. The Hall–Kier alpha value is -2.67. The maximum Gasteiger partial charge on any atom is 0.416 e. The van der Waals surface area contributed by atoms with E-state index in [0.717, 1.165) is 0 Å². The first-order valence-corrected chi connectivity index (χ1v) is 11.5. The molecule has 0 fully saturated rings. The molecule has 0 N–H and O–H groups in total. The van der Waals surface area contributed by atoms with Crippen LogP contribution in [0.4, 0.5) is 20.7 Å². The highest BCUT2D eigenvalue weighted by Gasteiger charge is 2.32. The Labute approximate surface area is 197 Å². The first-order chi connectivity index (χ1) is 15.1. The third-order valence-corrected chi connectivity index (χ3v) is 5.06. The Kier molecular flexibility index (Phi) is 9.01. The zero-order chi connectivity index (χ0) is 23.9. The molecule has 2 rings (SSSR count). The fraction of sp³-hybridized carbons (Fsp3) is 0.421. The van der Waals surface area contributed by atoms with Gasteiger partial charge in [0.25, 0.3) is 0 Å². The number of amides is 1. The Morgan fingerprint density at radius 3 is 2.69 bits per heavy atom. The van der Waals surface area contributed by atoms with Crippen LogP contribution in [0.3, 0.4) is 0 Å². The van der Waals surface area contributed by atoms with Crippen molar-refractivity contribution in [3.8, 4) is 0 Å². The summed E-state index contributed by atoms with van der Waals surface area (Å²) in [6, 6.07) is 4.24. The summed E-state index contributed by atoms with van der Waals surface area (Å²) in [5, 5.41) is 11.5. The summed E-state index contributed by atoms with van der Waals surface area (Å²) in [6.07, 6.45) is 1.23. The molecule has 0 aliphatic heterocycles. The fourth-order valence-electron chi connectivity index (χ4n) is 2.44. The number of carbonyl (C=O) groups is 2. The number of anilines is 2. The van der Waals surface area contributed by atoms with Crippen LogP contribution in [-0.2, 0) is 14.4 Å². The molecule has 2 aromatic rings. The molecule has 1 aromatic heterocycles. The molecule has 10 nitrogen and oxygen atoms in total. The van der Waals surface area contributed by atoms with E-state index in [1.165, 1.54) is 39.8 Å². The topological polar surface area (TPSA) is 110 Å². The lowest BCUT2D eigenvalue weighted by molar-refractivity contribution is -0.128. The molecule has 0 bridgehead atoms. The number of rotatable bonds is 8. The molecule has 1 amide bonds. The van der Waals surface area contributed by atoms with Gasteiger partial charge in [-0.2, -0.15) is 11.8 Å². The van der Waals surface area contributed by atoms with Crippen molar-refractivity contribution >= 4 is 57.6 Å². The van der Waals surface area contributed by atoms with Crippen LogP contribution in [-0.4, -0.2) is 59.9 Å². The van der Waals surface area contributed by atoms with E-state index in [9.17, 15) is 14.0 Å². The van der Waals surface area contributed by atoms with Gasteiger partial charge in [-0.25, -0.2) is 13.8 Å². The van der Waals surface area contributed by atoms with Gasteiger partial charge in [0.05, 0.1) is 4.47 Å². The molecule has 0 aliphatic rings. The minimum Gasteiger partial charge on any atom is -0.443 e. The highest BCUT2D eigenvalue weighted by atomic mass is 79.9. The van der Waals surface area contributed by atoms with Crippen LogP contribution in [0.15, 0.2) is 32.5 Å². The molecule has 0 unspecified atom stereocenters. The van der Waals surface area contributed by atoms with Crippen molar-refractivity contribution in [3.05, 3.63) is 34.2 Å². The van der Waals surface area contributed by atoms with E-state index in [-0.39, 0.29) is 34.8 Å². The number of carbonyl (C=O) groups excluding carboxylic acids is 2. The Morgan fingerprint density at radius 1 is 1.38 bits per heavy atom. The van der Waals surface area contributed by atoms with E-state index in [1.54, 1.807) is 27.8 Å². The van der Waals surface area contributed by atoms with Gasteiger partial charge in [0, 0.05) is 25.0 Å². The van der Waals surface area contributed by atoms with Gasteiger partial charge in [0.2, 0.25) is 11.7 Å². The standard InChI is InChI=1S/C19H23BrFN5O5S/c1-19(2,3)30-18(28)26(8-9-32-5)17-15(22-31-24-17)16(23-29-11-27)25(4)12-6-7-14(21)13(20)10-12/h6-7,10-11H,8-9H2,1-5H3/b23-16-. The second kappa shape index (κ2) is 11.3. The summed E-state index contributed by atoms with van der Waals surface area (Å²) in [6.45, 7) is 5.59. The van der Waals surface area contributed by atoms with Crippen LogP contribution in [0.1, 0.15) is 26.5 Å². The molecular formula is C19H23BrFN5O5S. The fourth-order valence-corrected chi connectivity index (χ4v) is 3.17. The maximum absolute atomic E-state index is 13.7. The Morgan fingerprint density at radius 2 is 2.09 bits per heavy atom. The van der Waals surface area contributed by atoms with Gasteiger partial charge in [-0.1, -0.05) is 5.16 Å². The van der Waals surface area contributed by atoms with E-state index < -0.39 is 17.5 Å². The molecule has 0 saturated heterocycles. The smallest absolute Gasteiger partial charge is 0.416 e. The molecule has 0 atom stereocenters. The van der Waals surface area contributed by atoms with Crippen LogP contribution < -0.4 is 9.80 Å². The van der Waals surface area contributed by atoms with Crippen LogP contribution in [0, 0.1) is 5.82 Å². The number of hydrogen-bond acceptors (Lipinski definition) is 9. The predicted molar refractivity (Wildman–Crippen MR) is 122 cm³/mol. The second-order valence-electron chi connectivity index (χ2n) is 7.34. The molecule has 1 heterocycles. The number of benzene rings is 1. The highest BCUT2D eigenvalue weighted by molar-refractivity contribution is 9.10. The first-order valence-electron chi connectivity index (χ1n) is 9.27. The number of aromatic nitrogens is 2. The second-order valence-corrected chi connectivity index (χ2v) is 9.18. The van der Waals surface area contributed by atoms with E-state index >= 15 is 0 Å². The zero-order valence-corrected chi connectivity index (χ0v) is 20.6. The van der Waals surface area contributed by atoms with Gasteiger partial charge < -0.3 is 14.5 Å². The summed E-state index contributed by atoms with van der Waals surface area (Å²) in [5.41, 5.74) is -0.254. The van der Waals surface area contributed by atoms with Gasteiger partial charge in [-0.05, 0) is 71.5 Å². The maximum atomic E-state index is 13.7. The van der Waals surface area contributed by atoms with Crippen molar-refractivity contribution < 1.29 is 28.2 Å². The normalized spacial score (nSPS) is 11.8. The van der Waals surface area contributed by atoms with E-state index in [4.69, 9.17) is 9.37 Å². The Bertz CT molecular complexity index is 981. The number of hydrogen-bond donors (Lipinski definition) is 0. The van der Waals surface area contributed by atoms with Crippen molar-refractivity contribution in [2.75, 3.05) is 35.4 Å². The van der Waals surface area contributed by atoms with Gasteiger partial charge in [-0.3, -0.25) is 9.69 Å². The monoisotopic (exact) mass is 531 g/mol. The van der Waals surface area contributed by atoms with Gasteiger partial charge in [0.1, 0.15) is 11.4 Å². The number of thioether (sulfide) groups is 1. The summed E-state index contributed by atoms with van der Waals surface area (Å²) >= 11 is 4.65. The predicted octanol–water partition coefficient (Wildman–Crippen LogP) is 4.05.